The molecule has 0 aliphatic heterocycles. The first-order valence-electron chi connectivity index (χ1n) is 6.69. The Balaban J connectivity index is 2.71. The molecule has 1 N–H and O–H groups in total. The van der Waals surface area contributed by atoms with Crippen molar-refractivity contribution in [1.29, 1.82) is 0 Å². The first-order valence-corrected chi connectivity index (χ1v) is 6.69. The van der Waals surface area contributed by atoms with Crippen LogP contribution in [-0.2, 0) is 5.41 Å². The van der Waals surface area contributed by atoms with Gasteiger partial charge in [0.15, 0.2) is 0 Å². The minimum Gasteiger partial charge on any atom is -0.493 e. The van der Waals surface area contributed by atoms with Gasteiger partial charge < -0.3 is 5.11 Å². The summed E-state index contributed by atoms with van der Waals surface area (Å²) in [4.78, 5) is 0. The van der Waals surface area contributed by atoms with Crippen LogP contribution in [0.15, 0.2) is 30.3 Å². The van der Waals surface area contributed by atoms with E-state index in [1.54, 1.807) is 4.68 Å². The molecule has 2 rings (SSSR count). The van der Waals surface area contributed by atoms with Crippen LogP contribution in [0, 0.1) is 0 Å². The quantitative estimate of drug-likeness (QED) is 0.879. The number of hydrogen-bond acceptors (Lipinski definition) is 2. The lowest BCUT2D eigenvalue weighted by Gasteiger charge is -2.17. The topological polar surface area (TPSA) is 38.0 Å². The third-order valence-corrected chi connectivity index (χ3v) is 3.15. The summed E-state index contributed by atoms with van der Waals surface area (Å²) in [5.41, 5.74) is 2.69. The first kappa shape index (κ1) is 13.7. The van der Waals surface area contributed by atoms with Crippen molar-refractivity contribution >= 4 is 0 Å². The minimum atomic E-state index is -0.108. The van der Waals surface area contributed by atoms with E-state index in [4.69, 9.17) is 0 Å². The molecule has 0 aliphatic carbocycles. The van der Waals surface area contributed by atoms with Gasteiger partial charge in [-0.3, -0.25) is 0 Å². The van der Waals surface area contributed by atoms with Crippen molar-refractivity contribution in [2.45, 2.75) is 46.1 Å². The Bertz CT molecular complexity index is 562. The number of aromatic hydroxyl groups is 1. The van der Waals surface area contributed by atoms with Crippen LogP contribution in [0.1, 0.15) is 46.4 Å². The van der Waals surface area contributed by atoms with E-state index in [2.05, 4.69) is 25.9 Å². The monoisotopic (exact) mass is 258 g/mol. The highest BCUT2D eigenvalue weighted by atomic mass is 16.3. The number of nitrogens with zero attached hydrogens (tertiary/aromatic N) is 2. The molecule has 0 unspecified atom stereocenters. The molecule has 0 amide bonds. The van der Waals surface area contributed by atoms with Crippen molar-refractivity contribution in [2.24, 2.45) is 0 Å². The lowest BCUT2D eigenvalue weighted by molar-refractivity contribution is 0.376. The standard InChI is InChI=1S/C16H22N2O/c1-11(2)18-15(19)13(12-9-7-6-8-10-12)14(17-18)16(3,4)5/h6-11,19H,1-5H3. The molecule has 0 radical (unpaired) electrons. The lowest BCUT2D eigenvalue weighted by Crippen LogP contribution is -2.14. The Hall–Kier alpha value is -1.77. The molecule has 0 fully saturated rings. The van der Waals surface area contributed by atoms with Gasteiger partial charge in [-0.05, 0) is 19.4 Å². The zero-order valence-corrected chi connectivity index (χ0v) is 12.3. The predicted molar refractivity (Wildman–Crippen MR) is 78.4 cm³/mol. The lowest BCUT2D eigenvalue weighted by atomic mass is 9.87. The van der Waals surface area contributed by atoms with Crippen LogP contribution in [-0.4, -0.2) is 14.9 Å². The van der Waals surface area contributed by atoms with Gasteiger partial charge in [-0.25, -0.2) is 4.68 Å². The van der Waals surface area contributed by atoms with Crippen molar-refractivity contribution in [3.8, 4) is 17.0 Å². The molecule has 0 saturated heterocycles. The van der Waals surface area contributed by atoms with Gasteiger partial charge in [0.2, 0.25) is 5.88 Å². The van der Waals surface area contributed by atoms with Crippen LogP contribution in [0.5, 0.6) is 5.88 Å². The molecule has 0 saturated carbocycles. The zero-order chi connectivity index (χ0) is 14.2. The Morgan fingerprint density at radius 3 is 2.16 bits per heavy atom. The molecule has 3 heteroatoms. The maximum absolute atomic E-state index is 10.5. The van der Waals surface area contributed by atoms with Gasteiger partial charge in [0, 0.05) is 5.41 Å². The van der Waals surface area contributed by atoms with Crippen molar-refractivity contribution in [2.75, 3.05) is 0 Å². The Labute approximate surface area is 114 Å². The van der Waals surface area contributed by atoms with Crippen molar-refractivity contribution in [1.82, 2.24) is 9.78 Å². The minimum absolute atomic E-state index is 0.108. The number of hydrogen-bond donors (Lipinski definition) is 1. The summed E-state index contributed by atoms with van der Waals surface area (Å²) in [6.45, 7) is 10.4. The normalized spacial score (nSPS) is 12.1. The summed E-state index contributed by atoms with van der Waals surface area (Å²) < 4.78 is 1.70. The van der Waals surface area contributed by atoms with Gasteiger partial charge in [0.25, 0.3) is 0 Å². The second kappa shape index (κ2) is 4.72. The van der Waals surface area contributed by atoms with Crippen LogP contribution in [0.4, 0.5) is 0 Å². The molecule has 0 spiro atoms. The third-order valence-electron chi connectivity index (χ3n) is 3.15. The molecule has 0 atom stereocenters. The highest BCUT2D eigenvalue weighted by Gasteiger charge is 2.28. The third kappa shape index (κ3) is 2.50. The number of rotatable bonds is 2. The molecule has 0 aliphatic rings. The van der Waals surface area contributed by atoms with Gasteiger partial charge in [-0.15, -0.1) is 0 Å². The molecule has 102 valence electrons. The smallest absolute Gasteiger partial charge is 0.217 e. The highest BCUT2D eigenvalue weighted by Crippen LogP contribution is 2.39. The predicted octanol–water partition coefficient (Wildman–Crippen LogP) is 4.13. The van der Waals surface area contributed by atoms with Gasteiger partial charge in [0.05, 0.1) is 17.3 Å². The van der Waals surface area contributed by atoms with Crippen LogP contribution in [0.25, 0.3) is 11.1 Å². The summed E-state index contributed by atoms with van der Waals surface area (Å²) >= 11 is 0. The highest BCUT2D eigenvalue weighted by molar-refractivity contribution is 5.72. The maximum atomic E-state index is 10.5. The van der Waals surface area contributed by atoms with E-state index in [0.717, 1.165) is 16.8 Å². The van der Waals surface area contributed by atoms with Crippen LogP contribution >= 0.6 is 0 Å². The average molecular weight is 258 g/mol. The fourth-order valence-corrected chi connectivity index (χ4v) is 2.18. The molecule has 1 aromatic heterocycles. The first-order chi connectivity index (χ1) is 8.82. The average Bonchev–Trinajstić information content (AvgIpc) is 2.68. The van der Waals surface area contributed by atoms with Gasteiger partial charge in [-0.1, -0.05) is 51.1 Å². The summed E-state index contributed by atoms with van der Waals surface area (Å²) in [5, 5.41) is 15.1. The Kier molecular flexibility index (Phi) is 3.40. The second-order valence-corrected chi connectivity index (χ2v) is 6.20. The molecule has 2 aromatic rings. The number of benzene rings is 1. The van der Waals surface area contributed by atoms with E-state index in [0.29, 0.717) is 0 Å². The molecule has 0 bridgehead atoms. The molecule has 1 heterocycles. The van der Waals surface area contributed by atoms with Crippen LogP contribution in [0.3, 0.4) is 0 Å². The summed E-state index contributed by atoms with van der Waals surface area (Å²) in [7, 11) is 0. The largest absolute Gasteiger partial charge is 0.493 e. The summed E-state index contributed by atoms with van der Waals surface area (Å²) in [5.74, 6) is 0.256. The molecular formula is C16H22N2O. The van der Waals surface area contributed by atoms with Crippen molar-refractivity contribution in [3.63, 3.8) is 0 Å². The van der Waals surface area contributed by atoms with Gasteiger partial charge in [0.1, 0.15) is 0 Å². The van der Waals surface area contributed by atoms with E-state index in [-0.39, 0.29) is 17.3 Å². The molecule has 19 heavy (non-hydrogen) atoms. The fourth-order valence-electron chi connectivity index (χ4n) is 2.18. The van der Waals surface area contributed by atoms with E-state index >= 15 is 0 Å². The van der Waals surface area contributed by atoms with Crippen molar-refractivity contribution in [3.05, 3.63) is 36.0 Å². The molecular weight excluding hydrogens is 236 g/mol. The van der Waals surface area contributed by atoms with Crippen molar-refractivity contribution < 1.29 is 5.11 Å². The van der Waals surface area contributed by atoms with E-state index < -0.39 is 0 Å². The SMILES string of the molecule is CC(C)n1nc(C(C)(C)C)c(-c2ccccc2)c1O. The maximum Gasteiger partial charge on any atom is 0.217 e. The van der Waals surface area contributed by atoms with Gasteiger partial charge in [-0.2, -0.15) is 5.10 Å². The number of aromatic nitrogens is 2. The Morgan fingerprint density at radius 2 is 1.68 bits per heavy atom. The van der Waals surface area contributed by atoms with E-state index in [1.807, 2.05) is 44.2 Å². The molecule has 1 aromatic carbocycles. The zero-order valence-electron chi connectivity index (χ0n) is 12.3. The Morgan fingerprint density at radius 1 is 1.11 bits per heavy atom. The summed E-state index contributed by atoms with van der Waals surface area (Å²) in [6, 6.07) is 10.1. The second-order valence-electron chi connectivity index (χ2n) is 6.20. The van der Waals surface area contributed by atoms with E-state index in [9.17, 15) is 5.11 Å². The van der Waals surface area contributed by atoms with Crippen LogP contribution in [0.2, 0.25) is 0 Å². The van der Waals surface area contributed by atoms with Gasteiger partial charge >= 0.3 is 0 Å². The fraction of sp³-hybridized carbons (Fsp3) is 0.438. The van der Waals surface area contributed by atoms with Crippen LogP contribution < -0.4 is 0 Å². The molecule has 3 nitrogen and oxygen atoms in total. The summed E-state index contributed by atoms with van der Waals surface area (Å²) in [6.07, 6.45) is 0. The van der Waals surface area contributed by atoms with E-state index in [1.165, 1.54) is 0 Å².